The molecule has 0 aliphatic carbocycles. The molecule has 118 valence electrons. The minimum Gasteiger partial charge on any atom is -0.339 e. The highest BCUT2D eigenvalue weighted by Gasteiger charge is 2.32. The van der Waals surface area contributed by atoms with Gasteiger partial charge in [-0.05, 0) is 17.7 Å². The Labute approximate surface area is 135 Å². The molecule has 1 aliphatic rings. The van der Waals surface area contributed by atoms with E-state index < -0.39 is 0 Å². The molecule has 2 aromatic rings. The highest BCUT2D eigenvalue weighted by Crippen LogP contribution is 2.27. The number of carbonyl (C=O) groups is 2. The maximum absolute atomic E-state index is 12.9. The molecule has 0 saturated carbocycles. The Kier molecular flexibility index (Phi) is 4.37. The first-order valence-corrected chi connectivity index (χ1v) is 7.68. The predicted molar refractivity (Wildman–Crippen MR) is 86.7 cm³/mol. The predicted octanol–water partition coefficient (Wildman–Crippen LogP) is 2.13. The summed E-state index contributed by atoms with van der Waals surface area (Å²) >= 11 is 0. The van der Waals surface area contributed by atoms with E-state index >= 15 is 0 Å². The molecule has 1 saturated heterocycles. The molecule has 0 spiro atoms. The van der Waals surface area contributed by atoms with Gasteiger partial charge in [0.25, 0.3) is 5.91 Å². The second kappa shape index (κ2) is 6.60. The zero-order valence-electron chi connectivity index (χ0n) is 13.1. The third-order valence-corrected chi connectivity index (χ3v) is 4.20. The van der Waals surface area contributed by atoms with Crippen molar-refractivity contribution in [3.8, 4) is 0 Å². The molecule has 23 heavy (non-hydrogen) atoms. The number of amides is 2. The van der Waals surface area contributed by atoms with E-state index in [4.69, 9.17) is 0 Å². The third-order valence-electron chi connectivity index (χ3n) is 4.20. The van der Waals surface area contributed by atoms with Crippen LogP contribution in [-0.2, 0) is 4.79 Å². The lowest BCUT2D eigenvalue weighted by Gasteiger charge is -2.41. The van der Waals surface area contributed by atoms with Crippen LogP contribution in [-0.4, -0.2) is 46.2 Å². The molecule has 2 heterocycles. The van der Waals surface area contributed by atoms with Gasteiger partial charge >= 0.3 is 0 Å². The molecule has 1 fully saturated rings. The number of rotatable bonds is 2. The van der Waals surface area contributed by atoms with Crippen LogP contribution in [0.1, 0.15) is 28.9 Å². The number of hydrogen-bond acceptors (Lipinski definition) is 3. The van der Waals surface area contributed by atoms with E-state index in [9.17, 15) is 9.59 Å². The zero-order chi connectivity index (χ0) is 16.2. The standard InChI is InChI=1S/C18H19N3O2/c1-14(22)20-11-12-21(18(23)16-7-9-19-10-8-16)17(13-20)15-5-3-2-4-6-15/h2-10,17H,11-13H2,1H3/t17-/m1/s1. The third kappa shape index (κ3) is 3.23. The minimum absolute atomic E-state index is 0.0237. The van der Waals surface area contributed by atoms with Crippen molar-refractivity contribution >= 4 is 11.8 Å². The summed E-state index contributed by atoms with van der Waals surface area (Å²) in [5.74, 6) is 0.0198. The first kappa shape index (κ1) is 15.2. The largest absolute Gasteiger partial charge is 0.339 e. The molecule has 1 aromatic heterocycles. The topological polar surface area (TPSA) is 53.5 Å². The van der Waals surface area contributed by atoms with Crippen molar-refractivity contribution in [3.05, 3.63) is 66.0 Å². The summed E-state index contributed by atoms with van der Waals surface area (Å²) < 4.78 is 0. The van der Waals surface area contributed by atoms with Crippen LogP contribution in [0, 0.1) is 0 Å². The summed E-state index contributed by atoms with van der Waals surface area (Å²) in [7, 11) is 0. The van der Waals surface area contributed by atoms with Crippen LogP contribution in [0.15, 0.2) is 54.9 Å². The Balaban J connectivity index is 1.91. The Morgan fingerprint density at radius 2 is 1.74 bits per heavy atom. The van der Waals surface area contributed by atoms with E-state index in [2.05, 4.69) is 4.98 Å². The smallest absolute Gasteiger partial charge is 0.254 e. The number of piperazine rings is 1. The number of nitrogens with zero attached hydrogens (tertiary/aromatic N) is 3. The lowest BCUT2D eigenvalue weighted by Crippen LogP contribution is -2.51. The van der Waals surface area contributed by atoms with Gasteiger partial charge in [-0.25, -0.2) is 0 Å². The summed E-state index contributed by atoms with van der Waals surface area (Å²) in [5.41, 5.74) is 1.66. The summed E-state index contributed by atoms with van der Waals surface area (Å²) in [6.45, 7) is 3.19. The van der Waals surface area contributed by atoms with Crippen molar-refractivity contribution in [2.45, 2.75) is 13.0 Å². The van der Waals surface area contributed by atoms with Crippen LogP contribution in [0.5, 0.6) is 0 Å². The van der Waals surface area contributed by atoms with Crippen molar-refractivity contribution in [2.24, 2.45) is 0 Å². The second-order valence-electron chi connectivity index (χ2n) is 5.63. The van der Waals surface area contributed by atoms with Gasteiger partial charge in [0, 0.05) is 44.5 Å². The Morgan fingerprint density at radius 3 is 2.39 bits per heavy atom. The quantitative estimate of drug-likeness (QED) is 0.854. The second-order valence-corrected chi connectivity index (χ2v) is 5.63. The van der Waals surface area contributed by atoms with Gasteiger partial charge in [-0.1, -0.05) is 30.3 Å². The molecular weight excluding hydrogens is 290 g/mol. The SMILES string of the molecule is CC(=O)N1CCN(C(=O)c2ccncc2)[C@@H](c2ccccc2)C1. The zero-order valence-corrected chi connectivity index (χ0v) is 13.1. The summed E-state index contributed by atoms with van der Waals surface area (Å²) in [6.07, 6.45) is 3.24. The van der Waals surface area contributed by atoms with Gasteiger partial charge in [0.15, 0.2) is 0 Å². The first-order chi connectivity index (χ1) is 11.2. The first-order valence-electron chi connectivity index (χ1n) is 7.68. The number of benzene rings is 1. The fourth-order valence-corrected chi connectivity index (χ4v) is 2.93. The minimum atomic E-state index is -0.130. The van der Waals surface area contributed by atoms with Crippen molar-refractivity contribution in [1.29, 1.82) is 0 Å². The van der Waals surface area contributed by atoms with Gasteiger partial charge in [-0.3, -0.25) is 14.6 Å². The maximum Gasteiger partial charge on any atom is 0.254 e. The van der Waals surface area contributed by atoms with E-state index in [1.807, 2.05) is 35.2 Å². The van der Waals surface area contributed by atoms with E-state index in [1.54, 1.807) is 36.4 Å². The molecule has 0 bridgehead atoms. The molecule has 1 aliphatic heterocycles. The molecule has 0 radical (unpaired) electrons. The lowest BCUT2D eigenvalue weighted by atomic mass is 10.0. The molecule has 0 N–H and O–H groups in total. The van der Waals surface area contributed by atoms with Crippen LogP contribution in [0.4, 0.5) is 0 Å². The van der Waals surface area contributed by atoms with E-state index in [0.717, 1.165) is 5.56 Å². The average molecular weight is 309 g/mol. The summed E-state index contributed by atoms with van der Waals surface area (Å²) in [6, 6.07) is 13.2. The van der Waals surface area contributed by atoms with Crippen molar-refractivity contribution in [3.63, 3.8) is 0 Å². The molecule has 5 heteroatoms. The Bertz CT molecular complexity index is 688. The van der Waals surface area contributed by atoms with Gasteiger partial charge in [-0.2, -0.15) is 0 Å². The van der Waals surface area contributed by atoms with E-state index in [-0.39, 0.29) is 17.9 Å². The van der Waals surface area contributed by atoms with Gasteiger partial charge in [0.1, 0.15) is 0 Å². The molecule has 2 amide bonds. The molecule has 3 rings (SSSR count). The van der Waals surface area contributed by atoms with Gasteiger partial charge in [-0.15, -0.1) is 0 Å². The fourth-order valence-electron chi connectivity index (χ4n) is 2.93. The number of pyridine rings is 1. The maximum atomic E-state index is 12.9. The van der Waals surface area contributed by atoms with Crippen molar-refractivity contribution in [2.75, 3.05) is 19.6 Å². The summed E-state index contributed by atoms with van der Waals surface area (Å²) in [5, 5.41) is 0. The number of hydrogen-bond donors (Lipinski definition) is 0. The highest BCUT2D eigenvalue weighted by atomic mass is 16.2. The van der Waals surface area contributed by atoms with Crippen LogP contribution >= 0.6 is 0 Å². The average Bonchev–Trinajstić information content (AvgIpc) is 2.62. The van der Waals surface area contributed by atoms with Gasteiger partial charge in [0.05, 0.1) is 6.04 Å². The van der Waals surface area contributed by atoms with Crippen molar-refractivity contribution < 1.29 is 9.59 Å². The normalized spacial score (nSPS) is 17.9. The van der Waals surface area contributed by atoms with E-state index in [1.165, 1.54) is 0 Å². The molecule has 0 unspecified atom stereocenters. The monoisotopic (exact) mass is 309 g/mol. The summed E-state index contributed by atoms with van der Waals surface area (Å²) in [4.78, 5) is 32.2. The van der Waals surface area contributed by atoms with Gasteiger partial charge < -0.3 is 9.80 Å². The molecule has 1 aromatic carbocycles. The number of aromatic nitrogens is 1. The fraction of sp³-hybridized carbons (Fsp3) is 0.278. The van der Waals surface area contributed by atoms with Crippen LogP contribution < -0.4 is 0 Å². The Morgan fingerprint density at radius 1 is 1.04 bits per heavy atom. The van der Waals surface area contributed by atoms with Crippen molar-refractivity contribution in [1.82, 2.24) is 14.8 Å². The lowest BCUT2D eigenvalue weighted by molar-refractivity contribution is -0.131. The van der Waals surface area contributed by atoms with Crippen LogP contribution in [0.2, 0.25) is 0 Å². The highest BCUT2D eigenvalue weighted by molar-refractivity contribution is 5.94. The van der Waals surface area contributed by atoms with Gasteiger partial charge in [0.2, 0.25) is 5.91 Å². The van der Waals surface area contributed by atoms with Crippen LogP contribution in [0.3, 0.4) is 0 Å². The Hall–Kier alpha value is -2.69. The molecule has 1 atom stereocenters. The number of carbonyl (C=O) groups excluding carboxylic acids is 2. The molecular formula is C18H19N3O2. The van der Waals surface area contributed by atoms with Crippen LogP contribution in [0.25, 0.3) is 0 Å². The molecule has 5 nitrogen and oxygen atoms in total. The van der Waals surface area contributed by atoms with E-state index in [0.29, 0.717) is 25.2 Å².